The highest BCUT2D eigenvalue weighted by molar-refractivity contribution is 5.24. The highest BCUT2D eigenvalue weighted by atomic mass is 16.5. The monoisotopic (exact) mass is 261 g/mol. The summed E-state index contributed by atoms with van der Waals surface area (Å²) in [6.45, 7) is 8.59. The van der Waals surface area contributed by atoms with Crippen molar-refractivity contribution >= 4 is 0 Å². The zero-order valence-corrected chi connectivity index (χ0v) is 12.5. The Morgan fingerprint density at radius 2 is 2.00 bits per heavy atom. The van der Waals surface area contributed by atoms with Gasteiger partial charge in [0.2, 0.25) is 0 Å². The van der Waals surface area contributed by atoms with Crippen LogP contribution in [0, 0.1) is 5.92 Å². The lowest BCUT2D eigenvalue weighted by Crippen LogP contribution is -2.39. The minimum atomic E-state index is 0.405. The SMILES string of the molecule is CCc1ccc(C(C)NC(C)C2CCCOC2)cc1. The fraction of sp³-hybridized carbons (Fsp3) is 0.647. The third-order valence-electron chi connectivity index (χ3n) is 4.30. The molecule has 1 aromatic carbocycles. The summed E-state index contributed by atoms with van der Waals surface area (Å²) >= 11 is 0. The van der Waals surface area contributed by atoms with Crippen LogP contribution in [0.5, 0.6) is 0 Å². The molecule has 1 aliphatic rings. The number of nitrogens with one attached hydrogen (secondary N) is 1. The molecule has 1 heterocycles. The zero-order valence-electron chi connectivity index (χ0n) is 12.5. The van der Waals surface area contributed by atoms with E-state index in [4.69, 9.17) is 4.74 Å². The molecule has 0 aliphatic carbocycles. The first-order valence-electron chi connectivity index (χ1n) is 7.63. The van der Waals surface area contributed by atoms with E-state index in [0.29, 0.717) is 18.0 Å². The van der Waals surface area contributed by atoms with Gasteiger partial charge in [-0.3, -0.25) is 0 Å². The molecular formula is C17H27NO. The Kier molecular flexibility index (Phi) is 5.41. The van der Waals surface area contributed by atoms with Crippen molar-refractivity contribution in [1.29, 1.82) is 0 Å². The smallest absolute Gasteiger partial charge is 0.0509 e. The molecule has 106 valence electrons. The van der Waals surface area contributed by atoms with Crippen molar-refractivity contribution in [3.8, 4) is 0 Å². The van der Waals surface area contributed by atoms with Crippen molar-refractivity contribution < 1.29 is 4.74 Å². The summed E-state index contributed by atoms with van der Waals surface area (Å²) in [5.74, 6) is 0.658. The maximum Gasteiger partial charge on any atom is 0.0509 e. The van der Waals surface area contributed by atoms with E-state index >= 15 is 0 Å². The van der Waals surface area contributed by atoms with E-state index in [0.717, 1.165) is 19.6 Å². The molecule has 3 unspecified atom stereocenters. The van der Waals surface area contributed by atoms with Gasteiger partial charge in [-0.25, -0.2) is 0 Å². The van der Waals surface area contributed by atoms with Crippen LogP contribution in [0.1, 0.15) is 50.8 Å². The van der Waals surface area contributed by atoms with Crippen LogP contribution in [0.15, 0.2) is 24.3 Å². The Hall–Kier alpha value is -0.860. The molecule has 0 spiro atoms. The fourth-order valence-corrected chi connectivity index (χ4v) is 2.83. The van der Waals surface area contributed by atoms with Crippen molar-refractivity contribution in [2.24, 2.45) is 5.92 Å². The average molecular weight is 261 g/mol. The van der Waals surface area contributed by atoms with Crippen LogP contribution in [-0.4, -0.2) is 19.3 Å². The van der Waals surface area contributed by atoms with Gasteiger partial charge in [0.25, 0.3) is 0 Å². The predicted molar refractivity (Wildman–Crippen MR) is 80.4 cm³/mol. The largest absolute Gasteiger partial charge is 0.381 e. The Labute approximate surface area is 117 Å². The van der Waals surface area contributed by atoms with Crippen LogP contribution >= 0.6 is 0 Å². The Morgan fingerprint density at radius 3 is 2.58 bits per heavy atom. The van der Waals surface area contributed by atoms with Gasteiger partial charge in [0, 0.05) is 18.7 Å². The van der Waals surface area contributed by atoms with Crippen LogP contribution in [0.3, 0.4) is 0 Å². The molecule has 1 aliphatic heterocycles. The van der Waals surface area contributed by atoms with Crippen LogP contribution in [0.4, 0.5) is 0 Å². The zero-order chi connectivity index (χ0) is 13.7. The summed E-state index contributed by atoms with van der Waals surface area (Å²) in [6.07, 6.45) is 3.60. The summed E-state index contributed by atoms with van der Waals surface area (Å²) in [4.78, 5) is 0. The summed E-state index contributed by atoms with van der Waals surface area (Å²) in [6, 6.07) is 9.90. The molecule has 0 radical (unpaired) electrons. The molecule has 1 saturated heterocycles. The highest BCUT2D eigenvalue weighted by Crippen LogP contribution is 2.21. The molecule has 2 nitrogen and oxygen atoms in total. The maximum absolute atomic E-state index is 5.58. The van der Waals surface area contributed by atoms with Crippen LogP contribution in [0.25, 0.3) is 0 Å². The fourth-order valence-electron chi connectivity index (χ4n) is 2.83. The number of benzene rings is 1. The Bertz CT molecular complexity index is 367. The van der Waals surface area contributed by atoms with Crippen molar-refractivity contribution in [3.05, 3.63) is 35.4 Å². The number of ether oxygens (including phenoxy) is 1. The predicted octanol–water partition coefficient (Wildman–Crippen LogP) is 3.71. The second-order valence-electron chi connectivity index (χ2n) is 5.75. The second-order valence-corrected chi connectivity index (χ2v) is 5.75. The van der Waals surface area contributed by atoms with Crippen LogP contribution < -0.4 is 5.32 Å². The highest BCUT2D eigenvalue weighted by Gasteiger charge is 2.21. The third-order valence-corrected chi connectivity index (χ3v) is 4.30. The van der Waals surface area contributed by atoms with Crippen molar-refractivity contribution in [2.75, 3.05) is 13.2 Å². The van der Waals surface area contributed by atoms with Gasteiger partial charge in [-0.05, 0) is 50.2 Å². The first kappa shape index (κ1) is 14.5. The van der Waals surface area contributed by atoms with E-state index in [-0.39, 0.29) is 0 Å². The molecule has 0 saturated carbocycles. The average Bonchev–Trinajstić information content (AvgIpc) is 2.48. The van der Waals surface area contributed by atoms with Crippen molar-refractivity contribution in [1.82, 2.24) is 5.32 Å². The number of hydrogen-bond acceptors (Lipinski definition) is 2. The van der Waals surface area contributed by atoms with Gasteiger partial charge in [-0.1, -0.05) is 31.2 Å². The molecular weight excluding hydrogens is 234 g/mol. The number of rotatable bonds is 5. The van der Waals surface area contributed by atoms with Gasteiger partial charge < -0.3 is 10.1 Å². The first-order valence-corrected chi connectivity index (χ1v) is 7.63. The quantitative estimate of drug-likeness (QED) is 0.872. The van der Waals surface area contributed by atoms with Gasteiger partial charge >= 0.3 is 0 Å². The van der Waals surface area contributed by atoms with Crippen molar-refractivity contribution in [3.63, 3.8) is 0 Å². The minimum absolute atomic E-state index is 0.405. The summed E-state index contributed by atoms with van der Waals surface area (Å²) < 4.78 is 5.58. The number of hydrogen-bond donors (Lipinski definition) is 1. The molecule has 0 bridgehead atoms. The lowest BCUT2D eigenvalue weighted by atomic mass is 9.93. The van der Waals surface area contributed by atoms with E-state index in [1.807, 2.05) is 0 Å². The molecule has 19 heavy (non-hydrogen) atoms. The van der Waals surface area contributed by atoms with Gasteiger partial charge in [-0.15, -0.1) is 0 Å². The molecule has 2 heteroatoms. The molecule has 3 atom stereocenters. The molecule has 1 N–H and O–H groups in total. The van der Waals surface area contributed by atoms with Crippen LogP contribution in [0.2, 0.25) is 0 Å². The summed E-state index contributed by atoms with van der Waals surface area (Å²) in [5, 5.41) is 3.72. The standard InChI is InChI=1S/C17H27NO/c1-4-15-7-9-16(10-8-15)13(2)18-14(3)17-6-5-11-19-12-17/h7-10,13-14,17-18H,4-6,11-12H2,1-3H3. The molecule has 1 aromatic rings. The molecule has 0 aromatic heterocycles. The number of aryl methyl sites for hydroxylation is 1. The Balaban J connectivity index is 1.89. The van der Waals surface area contributed by atoms with Gasteiger partial charge in [0.05, 0.1) is 6.61 Å². The summed E-state index contributed by atoms with van der Waals surface area (Å²) in [7, 11) is 0. The van der Waals surface area contributed by atoms with Gasteiger partial charge in [-0.2, -0.15) is 0 Å². The normalized spacial score (nSPS) is 23.0. The third kappa shape index (κ3) is 4.05. The topological polar surface area (TPSA) is 21.3 Å². The maximum atomic E-state index is 5.58. The Morgan fingerprint density at radius 1 is 1.26 bits per heavy atom. The van der Waals surface area contributed by atoms with Crippen LogP contribution in [-0.2, 0) is 11.2 Å². The second kappa shape index (κ2) is 7.06. The lowest BCUT2D eigenvalue weighted by molar-refractivity contribution is 0.0405. The molecule has 2 rings (SSSR count). The van der Waals surface area contributed by atoms with E-state index in [9.17, 15) is 0 Å². The molecule has 1 fully saturated rings. The molecule has 0 amide bonds. The van der Waals surface area contributed by atoms with Crippen molar-refractivity contribution in [2.45, 2.75) is 52.1 Å². The van der Waals surface area contributed by atoms with Gasteiger partial charge in [0.1, 0.15) is 0 Å². The van der Waals surface area contributed by atoms with Gasteiger partial charge in [0.15, 0.2) is 0 Å². The van der Waals surface area contributed by atoms with E-state index in [1.165, 1.54) is 24.0 Å². The lowest BCUT2D eigenvalue weighted by Gasteiger charge is -2.30. The summed E-state index contributed by atoms with van der Waals surface area (Å²) in [5.41, 5.74) is 2.78. The van der Waals surface area contributed by atoms with E-state index in [1.54, 1.807) is 0 Å². The van der Waals surface area contributed by atoms with E-state index < -0.39 is 0 Å². The minimum Gasteiger partial charge on any atom is -0.381 e. The first-order chi connectivity index (χ1) is 9.20. The van der Waals surface area contributed by atoms with E-state index in [2.05, 4.69) is 50.4 Å².